The van der Waals surface area contributed by atoms with Gasteiger partial charge >= 0.3 is 0 Å². The molecule has 1 N–H and O–H groups in total. The van der Waals surface area contributed by atoms with E-state index in [0.717, 1.165) is 32.9 Å². The number of carbonyl (C=O) groups excluding carboxylic acids is 1. The maximum atomic E-state index is 12.1. The SMILES string of the molecule is CCOc1cc(-c2cncs2)nc2ccc(NC(=O)C3COC3)cc12. The molecule has 1 aliphatic rings. The fourth-order valence-electron chi connectivity index (χ4n) is 2.65. The number of nitrogens with zero attached hydrogens (tertiary/aromatic N) is 2. The van der Waals surface area contributed by atoms with Crippen LogP contribution in [0.4, 0.5) is 5.69 Å². The van der Waals surface area contributed by atoms with Gasteiger partial charge in [0.1, 0.15) is 5.75 Å². The van der Waals surface area contributed by atoms with E-state index in [2.05, 4.69) is 10.3 Å². The van der Waals surface area contributed by atoms with Gasteiger partial charge in [-0.15, -0.1) is 11.3 Å². The van der Waals surface area contributed by atoms with E-state index in [1.54, 1.807) is 11.7 Å². The van der Waals surface area contributed by atoms with Gasteiger partial charge in [0.05, 0.1) is 47.3 Å². The Bertz CT molecular complexity index is 907. The number of hydrogen-bond donors (Lipinski definition) is 1. The molecule has 0 radical (unpaired) electrons. The number of nitrogens with one attached hydrogen (secondary N) is 1. The van der Waals surface area contributed by atoms with Gasteiger partial charge in [0.25, 0.3) is 0 Å². The minimum Gasteiger partial charge on any atom is -0.493 e. The monoisotopic (exact) mass is 355 g/mol. The highest BCUT2D eigenvalue weighted by Crippen LogP contribution is 2.33. The summed E-state index contributed by atoms with van der Waals surface area (Å²) in [7, 11) is 0. The van der Waals surface area contributed by atoms with Gasteiger partial charge in [-0.2, -0.15) is 0 Å². The van der Waals surface area contributed by atoms with Gasteiger partial charge in [-0.3, -0.25) is 9.78 Å². The number of amides is 1. The van der Waals surface area contributed by atoms with Crippen LogP contribution in [0.3, 0.4) is 0 Å². The normalized spacial score (nSPS) is 14.3. The molecule has 0 atom stereocenters. The van der Waals surface area contributed by atoms with Gasteiger partial charge in [0.15, 0.2) is 0 Å². The predicted octanol–water partition coefficient (Wildman–Crippen LogP) is 3.34. The zero-order valence-electron chi connectivity index (χ0n) is 13.7. The lowest BCUT2D eigenvalue weighted by Crippen LogP contribution is -2.38. The number of ether oxygens (including phenoxy) is 2. The Morgan fingerprint density at radius 2 is 2.28 bits per heavy atom. The first-order chi connectivity index (χ1) is 12.2. The average Bonchev–Trinajstić information content (AvgIpc) is 3.08. The first kappa shape index (κ1) is 16.0. The molecule has 1 amide bonds. The lowest BCUT2D eigenvalue weighted by atomic mass is 10.1. The molecule has 25 heavy (non-hydrogen) atoms. The van der Waals surface area contributed by atoms with Crippen molar-refractivity contribution in [1.29, 1.82) is 0 Å². The van der Waals surface area contributed by atoms with Crippen molar-refractivity contribution in [2.24, 2.45) is 5.92 Å². The number of hydrogen-bond acceptors (Lipinski definition) is 6. The molecule has 4 rings (SSSR count). The summed E-state index contributed by atoms with van der Waals surface area (Å²) in [6.07, 6.45) is 1.80. The van der Waals surface area contributed by atoms with Crippen LogP contribution in [0, 0.1) is 5.92 Å². The predicted molar refractivity (Wildman–Crippen MR) is 97.0 cm³/mol. The molecule has 0 aliphatic carbocycles. The van der Waals surface area contributed by atoms with E-state index in [0.29, 0.717) is 19.8 Å². The molecule has 0 saturated carbocycles. The van der Waals surface area contributed by atoms with Crippen molar-refractivity contribution in [3.05, 3.63) is 36.0 Å². The first-order valence-electron chi connectivity index (χ1n) is 8.09. The number of anilines is 1. The van der Waals surface area contributed by atoms with E-state index in [1.807, 2.05) is 31.2 Å². The molecule has 1 fully saturated rings. The highest BCUT2D eigenvalue weighted by molar-refractivity contribution is 7.13. The van der Waals surface area contributed by atoms with Crippen molar-refractivity contribution in [2.45, 2.75) is 6.92 Å². The number of fused-ring (bicyclic) bond motifs is 1. The molecule has 1 aromatic carbocycles. The van der Waals surface area contributed by atoms with Crippen LogP contribution >= 0.6 is 11.3 Å². The van der Waals surface area contributed by atoms with Gasteiger partial charge in [0, 0.05) is 23.3 Å². The van der Waals surface area contributed by atoms with Crippen LogP contribution < -0.4 is 10.1 Å². The molecule has 0 unspecified atom stereocenters. The third-order valence-corrected chi connectivity index (χ3v) is 4.83. The molecule has 0 bridgehead atoms. The molecule has 1 aliphatic heterocycles. The minimum atomic E-state index is -0.0612. The van der Waals surface area contributed by atoms with Crippen molar-refractivity contribution >= 4 is 33.8 Å². The highest BCUT2D eigenvalue weighted by atomic mass is 32.1. The lowest BCUT2D eigenvalue weighted by molar-refractivity contribution is -0.133. The zero-order valence-corrected chi connectivity index (χ0v) is 14.5. The molecule has 0 spiro atoms. The van der Waals surface area contributed by atoms with Crippen molar-refractivity contribution in [1.82, 2.24) is 9.97 Å². The van der Waals surface area contributed by atoms with E-state index < -0.39 is 0 Å². The largest absolute Gasteiger partial charge is 0.493 e. The fourth-order valence-corrected chi connectivity index (χ4v) is 3.23. The second-order valence-electron chi connectivity index (χ2n) is 5.76. The van der Waals surface area contributed by atoms with Gasteiger partial charge in [-0.1, -0.05) is 0 Å². The molecular weight excluding hydrogens is 338 g/mol. The average molecular weight is 355 g/mol. The Morgan fingerprint density at radius 3 is 2.96 bits per heavy atom. The topological polar surface area (TPSA) is 73.3 Å². The van der Waals surface area contributed by atoms with Crippen LogP contribution in [0.1, 0.15) is 6.92 Å². The zero-order chi connectivity index (χ0) is 17.2. The summed E-state index contributed by atoms with van der Waals surface area (Å²) in [5, 5.41) is 3.81. The number of rotatable bonds is 5. The van der Waals surface area contributed by atoms with Crippen molar-refractivity contribution < 1.29 is 14.3 Å². The van der Waals surface area contributed by atoms with E-state index in [9.17, 15) is 4.79 Å². The van der Waals surface area contributed by atoms with Crippen LogP contribution in [0.5, 0.6) is 5.75 Å². The Morgan fingerprint density at radius 1 is 1.40 bits per heavy atom. The Labute approximate surface area is 148 Å². The number of pyridine rings is 1. The second-order valence-corrected chi connectivity index (χ2v) is 6.65. The quantitative estimate of drug-likeness (QED) is 0.760. The van der Waals surface area contributed by atoms with Crippen LogP contribution in [0.25, 0.3) is 21.5 Å². The minimum absolute atomic E-state index is 0.0159. The summed E-state index contributed by atoms with van der Waals surface area (Å²) in [5.41, 5.74) is 4.17. The number of aromatic nitrogens is 2. The summed E-state index contributed by atoms with van der Waals surface area (Å²) in [5.74, 6) is 0.672. The fraction of sp³-hybridized carbons (Fsp3) is 0.278. The van der Waals surface area contributed by atoms with Crippen LogP contribution in [0.15, 0.2) is 36.0 Å². The molecule has 1 saturated heterocycles. The van der Waals surface area contributed by atoms with E-state index in [1.165, 1.54) is 11.3 Å². The molecule has 7 heteroatoms. The highest BCUT2D eigenvalue weighted by Gasteiger charge is 2.26. The van der Waals surface area contributed by atoms with Crippen molar-refractivity contribution in [3.8, 4) is 16.3 Å². The Kier molecular flexibility index (Phi) is 4.33. The third-order valence-electron chi connectivity index (χ3n) is 4.03. The molecule has 3 heterocycles. The lowest BCUT2D eigenvalue weighted by Gasteiger charge is -2.24. The van der Waals surface area contributed by atoms with Gasteiger partial charge in [-0.25, -0.2) is 4.98 Å². The molecule has 6 nitrogen and oxygen atoms in total. The van der Waals surface area contributed by atoms with E-state index in [-0.39, 0.29) is 11.8 Å². The first-order valence-corrected chi connectivity index (χ1v) is 8.97. The maximum Gasteiger partial charge on any atom is 0.232 e. The molecule has 2 aromatic heterocycles. The van der Waals surface area contributed by atoms with E-state index >= 15 is 0 Å². The van der Waals surface area contributed by atoms with Gasteiger partial charge in [0.2, 0.25) is 5.91 Å². The molecule has 128 valence electrons. The van der Waals surface area contributed by atoms with Crippen molar-refractivity contribution in [2.75, 3.05) is 25.1 Å². The van der Waals surface area contributed by atoms with Crippen LogP contribution in [0.2, 0.25) is 0 Å². The molecule has 3 aromatic rings. The number of benzene rings is 1. The molecular formula is C18H17N3O3S. The third kappa shape index (κ3) is 3.20. The smallest absolute Gasteiger partial charge is 0.232 e. The van der Waals surface area contributed by atoms with E-state index in [4.69, 9.17) is 14.5 Å². The maximum absolute atomic E-state index is 12.1. The van der Waals surface area contributed by atoms with Crippen LogP contribution in [-0.4, -0.2) is 35.7 Å². The summed E-state index contributed by atoms with van der Waals surface area (Å²) >= 11 is 1.54. The van der Waals surface area contributed by atoms with Crippen LogP contribution in [-0.2, 0) is 9.53 Å². The van der Waals surface area contributed by atoms with Gasteiger partial charge < -0.3 is 14.8 Å². The van der Waals surface area contributed by atoms with Crippen molar-refractivity contribution in [3.63, 3.8) is 0 Å². The second kappa shape index (κ2) is 6.78. The number of carbonyl (C=O) groups is 1. The summed E-state index contributed by atoms with van der Waals surface area (Å²) in [6.45, 7) is 3.48. The summed E-state index contributed by atoms with van der Waals surface area (Å²) < 4.78 is 10.9. The Hall–Kier alpha value is -2.51. The summed E-state index contributed by atoms with van der Waals surface area (Å²) in [4.78, 5) is 21.9. The number of thiazole rings is 1. The van der Waals surface area contributed by atoms with Gasteiger partial charge in [-0.05, 0) is 25.1 Å². The standard InChI is InChI=1S/C18H17N3O3S/c1-2-24-16-6-15(17-7-19-10-25-17)21-14-4-3-12(5-13(14)16)20-18(22)11-8-23-9-11/h3-7,10-11H,2,8-9H2,1H3,(H,20,22). The Balaban J connectivity index is 1.71. The summed E-state index contributed by atoms with van der Waals surface area (Å²) in [6, 6.07) is 7.58.